The minimum atomic E-state index is 1.03. The van der Waals surface area contributed by atoms with E-state index < -0.39 is 0 Å². The summed E-state index contributed by atoms with van der Waals surface area (Å²) in [5, 5.41) is 0. The average molecular weight is 324 g/mol. The van der Waals surface area contributed by atoms with E-state index in [4.69, 9.17) is 0 Å². The molecule has 3 nitrogen and oxygen atoms in total. The van der Waals surface area contributed by atoms with Crippen molar-refractivity contribution < 1.29 is 0 Å². The Labute approximate surface area is 136 Å². The number of thioether (sulfide) groups is 1. The van der Waals surface area contributed by atoms with Gasteiger partial charge in [-0.1, -0.05) is 49.8 Å². The van der Waals surface area contributed by atoms with E-state index in [2.05, 4.69) is 28.7 Å². The first-order valence-electron chi connectivity index (χ1n) is 7.90. The molecule has 0 fully saturated rings. The lowest BCUT2D eigenvalue weighted by molar-refractivity contribution is 0.281. The largest absolute Gasteiger partial charge is 0.303 e. The number of thiazole rings is 1. The van der Waals surface area contributed by atoms with E-state index in [1.165, 1.54) is 38.8 Å². The molecule has 0 aliphatic rings. The SMILES string of the molecule is CCCCN(CCCC)CCSc1nc2cccnc2s1. The van der Waals surface area contributed by atoms with Crippen molar-refractivity contribution in [3.05, 3.63) is 18.3 Å². The number of hydrogen-bond acceptors (Lipinski definition) is 5. The van der Waals surface area contributed by atoms with E-state index in [0.717, 1.165) is 27.0 Å². The van der Waals surface area contributed by atoms with Gasteiger partial charge in [-0.2, -0.15) is 0 Å². The highest BCUT2D eigenvalue weighted by molar-refractivity contribution is 8.01. The van der Waals surface area contributed by atoms with Gasteiger partial charge in [-0.25, -0.2) is 9.97 Å². The fourth-order valence-electron chi connectivity index (χ4n) is 2.17. The predicted molar refractivity (Wildman–Crippen MR) is 94.4 cm³/mol. The summed E-state index contributed by atoms with van der Waals surface area (Å²) in [6.07, 6.45) is 7.00. The van der Waals surface area contributed by atoms with Crippen molar-refractivity contribution >= 4 is 33.4 Å². The van der Waals surface area contributed by atoms with Gasteiger partial charge in [0.15, 0.2) is 4.34 Å². The van der Waals surface area contributed by atoms with Crippen LogP contribution >= 0.6 is 23.1 Å². The molecule has 0 aromatic carbocycles. The molecule has 5 heteroatoms. The van der Waals surface area contributed by atoms with E-state index in [0.29, 0.717) is 0 Å². The quantitative estimate of drug-likeness (QED) is 0.593. The zero-order chi connectivity index (χ0) is 14.9. The maximum atomic E-state index is 4.63. The summed E-state index contributed by atoms with van der Waals surface area (Å²) in [5.74, 6) is 1.12. The van der Waals surface area contributed by atoms with Gasteiger partial charge < -0.3 is 4.90 Å². The molecule has 0 radical (unpaired) electrons. The van der Waals surface area contributed by atoms with Crippen molar-refractivity contribution in [3.63, 3.8) is 0 Å². The summed E-state index contributed by atoms with van der Waals surface area (Å²) in [4.78, 5) is 12.6. The third-order valence-corrected chi connectivity index (χ3v) is 5.54. The number of unbranched alkanes of at least 4 members (excludes halogenated alkanes) is 2. The van der Waals surface area contributed by atoms with Gasteiger partial charge in [0.05, 0.1) is 0 Å². The Bertz CT molecular complexity index is 486. The summed E-state index contributed by atoms with van der Waals surface area (Å²) < 4.78 is 1.15. The maximum absolute atomic E-state index is 4.63. The van der Waals surface area contributed by atoms with Crippen molar-refractivity contribution in [3.8, 4) is 0 Å². The van der Waals surface area contributed by atoms with E-state index in [1.807, 2.05) is 30.1 Å². The molecule has 2 rings (SSSR count). The van der Waals surface area contributed by atoms with E-state index in [9.17, 15) is 0 Å². The molecule has 0 aliphatic heterocycles. The minimum absolute atomic E-state index is 1.03. The Morgan fingerprint density at radius 2 is 1.90 bits per heavy atom. The molecular weight excluding hydrogens is 298 g/mol. The molecular formula is C16H25N3S2. The highest BCUT2D eigenvalue weighted by Crippen LogP contribution is 2.27. The monoisotopic (exact) mass is 323 g/mol. The molecule has 2 aromatic rings. The van der Waals surface area contributed by atoms with Crippen LogP contribution in [0.1, 0.15) is 39.5 Å². The van der Waals surface area contributed by atoms with Crippen LogP contribution in [0.3, 0.4) is 0 Å². The number of rotatable bonds is 10. The number of hydrogen-bond donors (Lipinski definition) is 0. The lowest BCUT2D eigenvalue weighted by Crippen LogP contribution is -2.28. The van der Waals surface area contributed by atoms with Crippen LogP contribution in [-0.2, 0) is 0 Å². The second-order valence-corrected chi connectivity index (χ2v) is 7.52. The number of nitrogens with zero attached hydrogens (tertiary/aromatic N) is 3. The summed E-state index contributed by atoms with van der Waals surface area (Å²) in [6, 6.07) is 3.99. The van der Waals surface area contributed by atoms with Crippen molar-refractivity contribution in [2.45, 2.75) is 43.9 Å². The van der Waals surface area contributed by atoms with Crippen LogP contribution in [0.2, 0.25) is 0 Å². The van der Waals surface area contributed by atoms with E-state index in [-0.39, 0.29) is 0 Å². The van der Waals surface area contributed by atoms with Gasteiger partial charge in [-0.15, -0.1) is 0 Å². The smallest absolute Gasteiger partial charge is 0.152 e. The predicted octanol–water partition coefficient (Wildman–Crippen LogP) is 4.69. The van der Waals surface area contributed by atoms with Gasteiger partial charge in [0.1, 0.15) is 10.3 Å². The summed E-state index contributed by atoms with van der Waals surface area (Å²) in [6.45, 7) is 8.16. The Balaban J connectivity index is 1.80. The highest BCUT2D eigenvalue weighted by Gasteiger charge is 2.07. The van der Waals surface area contributed by atoms with E-state index >= 15 is 0 Å². The first-order valence-corrected chi connectivity index (χ1v) is 9.70. The van der Waals surface area contributed by atoms with Gasteiger partial charge in [0.25, 0.3) is 0 Å². The fraction of sp³-hybridized carbons (Fsp3) is 0.625. The lowest BCUT2D eigenvalue weighted by Gasteiger charge is -2.21. The Morgan fingerprint density at radius 3 is 2.57 bits per heavy atom. The average Bonchev–Trinajstić information content (AvgIpc) is 2.92. The molecule has 116 valence electrons. The molecule has 0 N–H and O–H groups in total. The molecule has 0 aliphatic carbocycles. The third-order valence-electron chi connectivity index (χ3n) is 3.44. The van der Waals surface area contributed by atoms with Crippen LogP contribution in [-0.4, -0.2) is 40.3 Å². The second-order valence-electron chi connectivity index (χ2n) is 5.20. The zero-order valence-corrected chi connectivity index (χ0v) is 14.7. The third kappa shape index (κ3) is 5.57. The van der Waals surface area contributed by atoms with Crippen molar-refractivity contribution in [1.82, 2.24) is 14.9 Å². The van der Waals surface area contributed by atoms with Gasteiger partial charge in [0, 0.05) is 18.5 Å². The van der Waals surface area contributed by atoms with Gasteiger partial charge in [-0.3, -0.25) is 0 Å². The zero-order valence-electron chi connectivity index (χ0n) is 13.0. The topological polar surface area (TPSA) is 29.0 Å². The van der Waals surface area contributed by atoms with Crippen LogP contribution in [0.4, 0.5) is 0 Å². The standard InChI is InChI=1S/C16H25N3S2/c1-3-5-10-19(11-6-4-2)12-13-20-16-18-14-8-7-9-17-15(14)21-16/h7-9H,3-6,10-13H2,1-2H3. The first-order chi connectivity index (χ1) is 10.3. The Morgan fingerprint density at radius 1 is 1.14 bits per heavy atom. The molecule has 0 atom stereocenters. The van der Waals surface area contributed by atoms with Gasteiger partial charge in [-0.05, 0) is 38.1 Å². The normalized spacial score (nSPS) is 11.6. The molecule has 0 saturated carbocycles. The van der Waals surface area contributed by atoms with Crippen LogP contribution in [0, 0.1) is 0 Å². The summed E-state index contributed by atoms with van der Waals surface area (Å²) in [7, 11) is 0. The Kier molecular flexibility index (Phi) is 7.47. The van der Waals surface area contributed by atoms with Crippen LogP contribution in [0.15, 0.2) is 22.7 Å². The number of fused-ring (bicyclic) bond motifs is 1. The second kappa shape index (κ2) is 9.38. The fourth-order valence-corrected chi connectivity index (χ4v) is 4.22. The maximum Gasteiger partial charge on any atom is 0.152 e. The number of pyridine rings is 1. The van der Waals surface area contributed by atoms with Crippen molar-refractivity contribution in [1.29, 1.82) is 0 Å². The molecule has 0 bridgehead atoms. The molecule has 0 saturated heterocycles. The van der Waals surface area contributed by atoms with Gasteiger partial charge in [0.2, 0.25) is 0 Å². The molecule has 2 aromatic heterocycles. The van der Waals surface area contributed by atoms with Crippen LogP contribution in [0.5, 0.6) is 0 Å². The molecule has 0 unspecified atom stereocenters. The van der Waals surface area contributed by atoms with Crippen LogP contribution < -0.4 is 0 Å². The van der Waals surface area contributed by atoms with Gasteiger partial charge >= 0.3 is 0 Å². The Hall–Kier alpha value is -0.650. The summed E-state index contributed by atoms with van der Waals surface area (Å²) in [5.41, 5.74) is 1.03. The number of aromatic nitrogens is 2. The molecule has 21 heavy (non-hydrogen) atoms. The molecule has 0 amide bonds. The minimum Gasteiger partial charge on any atom is -0.303 e. The molecule has 2 heterocycles. The van der Waals surface area contributed by atoms with Crippen molar-refractivity contribution in [2.24, 2.45) is 0 Å². The molecule has 0 spiro atoms. The summed E-state index contributed by atoms with van der Waals surface area (Å²) >= 11 is 3.57. The lowest BCUT2D eigenvalue weighted by atomic mass is 10.2. The highest BCUT2D eigenvalue weighted by atomic mass is 32.2. The van der Waals surface area contributed by atoms with Crippen LogP contribution in [0.25, 0.3) is 10.3 Å². The van der Waals surface area contributed by atoms with Crippen molar-refractivity contribution in [2.75, 3.05) is 25.4 Å². The van der Waals surface area contributed by atoms with E-state index in [1.54, 1.807) is 11.3 Å². The first kappa shape index (κ1) is 16.7.